The van der Waals surface area contributed by atoms with Crippen molar-refractivity contribution in [3.05, 3.63) is 0 Å². The Hall–Kier alpha value is -1.51. The largest absolute Gasteiger partial charge is 0.404 e. The number of urea groups is 1. The van der Waals surface area contributed by atoms with E-state index >= 15 is 0 Å². The average molecular weight is 306 g/mol. The maximum Gasteiger partial charge on any atom is 0.404 e. The molecule has 3 saturated heterocycles. The lowest BCUT2D eigenvalue weighted by atomic mass is 9.84. The Morgan fingerprint density at radius 2 is 2.10 bits per heavy atom. The molecule has 0 aromatic rings. The van der Waals surface area contributed by atoms with Gasteiger partial charge in [0.2, 0.25) is 5.91 Å². The van der Waals surface area contributed by atoms with Gasteiger partial charge in [-0.15, -0.1) is 0 Å². The van der Waals surface area contributed by atoms with Crippen molar-refractivity contribution in [2.75, 3.05) is 39.3 Å². The molecule has 3 fully saturated rings. The third-order valence-electron chi connectivity index (χ3n) is 4.63. The van der Waals surface area contributed by atoms with E-state index < -0.39 is 17.5 Å². The van der Waals surface area contributed by atoms with E-state index in [4.69, 9.17) is 0 Å². The lowest BCUT2D eigenvalue weighted by molar-refractivity contribution is -0.222. The smallest absolute Gasteiger partial charge is 0.338 e. The molecular formula is C12H17F3N4O2. The minimum atomic E-state index is -4.56. The molecule has 0 aromatic heterocycles. The molecule has 3 aliphatic heterocycles. The summed E-state index contributed by atoms with van der Waals surface area (Å²) in [6, 6.07) is -0.435. The van der Waals surface area contributed by atoms with E-state index in [2.05, 4.69) is 10.6 Å². The Morgan fingerprint density at radius 3 is 2.71 bits per heavy atom. The first kappa shape index (κ1) is 14.4. The molecule has 3 rings (SSSR count). The van der Waals surface area contributed by atoms with Crippen LogP contribution in [-0.2, 0) is 4.79 Å². The highest BCUT2D eigenvalue weighted by atomic mass is 19.4. The van der Waals surface area contributed by atoms with Crippen LogP contribution in [0, 0.1) is 5.41 Å². The van der Waals surface area contributed by atoms with Gasteiger partial charge in [-0.2, -0.15) is 13.2 Å². The highest BCUT2D eigenvalue weighted by Crippen LogP contribution is 2.44. The van der Waals surface area contributed by atoms with Crippen molar-refractivity contribution >= 4 is 11.9 Å². The number of hydrogen-bond donors (Lipinski definition) is 2. The second kappa shape index (κ2) is 4.75. The number of alkyl halides is 3. The molecule has 3 amide bonds. The van der Waals surface area contributed by atoms with E-state index in [-0.39, 0.29) is 51.2 Å². The second-order valence-electron chi connectivity index (χ2n) is 5.79. The topological polar surface area (TPSA) is 64.7 Å². The lowest BCUT2D eigenvalue weighted by Crippen LogP contribution is -2.60. The van der Waals surface area contributed by atoms with Gasteiger partial charge in [-0.25, -0.2) is 4.79 Å². The molecule has 0 aliphatic carbocycles. The Morgan fingerprint density at radius 1 is 1.33 bits per heavy atom. The third-order valence-corrected chi connectivity index (χ3v) is 4.63. The summed E-state index contributed by atoms with van der Waals surface area (Å²) in [7, 11) is 0. The zero-order valence-electron chi connectivity index (χ0n) is 11.4. The molecule has 0 aromatic carbocycles. The molecule has 9 heteroatoms. The summed E-state index contributed by atoms with van der Waals surface area (Å²) in [6.45, 7) is 0.797. The molecule has 0 saturated carbocycles. The molecule has 3 aliphatic rings. The number of nitrogens with one attached hydrogen (secondary N) is 2. The van der Waals surface area contributed by atoms with Crippen LogP contribution in [0.1, 0.15) is 6.42 Å². The van der Waals surface area contributed by atoms with Crippen molar-refractivity contribution in [3.63, 3.8) is 0 Å². The number of piperazine rings is 1. The molecule has 2 atom stereocenters. The van der Waals surface area contributed by atoms with Gasteiger partial charge in [0, 0.05) is 32.7 Å². The lowest BCUT2D eigenvalue weighted by Gasteiger charge is -2.41. The summed E-state index contributed by atoms with van der Waals surface area (Å²) in [5, 5.41) is 5.29. The second-order valence-corrected chi connectivity index (χ2v) is 5.79. The first-order valence-corrected chi connectivity index (χ1v) is 6.96. The van der Waals surface area contributed by atoms with E-state index in [9.17, 15) is 22.8 Å². The summed E-state index contributed by atoms with van der Waals surface area (Å²) in [6.07, 6.45) is -4.79. The van der Waals surface area contributed by atoms with E-state index in [1.165, 1.54) is 4.90 Å². The van der Waals surface area contributed by atoms with Gasteiger partial charge in [-0.3, -0.25) is 4.79 Å². The van der Waals surface area contributed by atoms with E-state index in [0.717, 1.165) is 0 Å². The minimum Gasteiger partial charge on any atom is -0.338 e. The predicted octanol–water partition coefficient (Wildman–Crippen LogP) is -0.236. The monoisotopic (exact) mass is 306 g/mol. The average Bonchev–Trinajstić information content (AvgIpc) is 3.05. The molecule has 2 unspecified atom stereocenters. The third kappa shape index (κ3) is 2.14. The first-order chi connectivity index (χ1) is 9.85. The number of halogens is 3. The summed E-state index contributed by atoms with van der Waals surface area (Å²) in [5.41, 5.74) is -2.31. The van der Waals surface area contributed by atoms with Gasteiger partial charge in [0.05, 0.1) is 6.04 Å². The standard InChI is InChI=1S/C12H17F3N4O2/c13-12(14,15)11(1-2-16-7-11)9(20)18-3-4-19-8(6-18)5-17-10(19)21/h8,16H,1-7H2,(H,17,21). The quantitative estimate of drug-likeness (QED) is 0.703. The van der Waals surface area contributed by atoms with Gasteiger partial charge < -0.3 is 20.4 Å². The Kier molecular flexibility index (Phi) is 3.27. The van der Waals surface area contributed by atoms with Crippen LogP contribution >= 0.6 is 0 Å². The molecular weight excluding hydrogens is 289 g/mol. The maximum absolute atomic E-state index is 13.4. The molecule has 0 bridgehead atoms. The van der Waals surface area contributed by atoms with Crippen LogP contribution in [0.4, 0.5) is 18.0 Å². The minimum absolute atomic E-state index is 0.153. The van der Waals surface area contributed by atoms with Crippen molar-refractivity contribution in [1.82, 2.24) is 20.4 Å². The normalized spacial score (nSPS) is 33.1. The van der Waals surface area contributed by atoms with Gasteiger partial charge in [0.15, 0.2) is 5.41 Å². The fourth-order valence-electron chi connectivity index (χ4n) is 3.33. The summed E-state index contributed by atoms with van der Waals surface area (Å²) in [5.74, 6) is -0.862. The van der Waals surface area contributed by atoms with E-state index in [1.807, 2.05) is 0 Å². The number of rotatable bonds is 1. The number of amides is 3. The Labute approximate surface area is 119 Å². The highest BCUT2D eigenvalue weighted by molar-refractivity contribution is 5.85. The van der Waals surface area contributed by atoms with Crippen LogP contribution < -0.4 is 10.6 Å². The number of carbonyl (C=O) groups excluding carboxylic acids is 2. The van der Waals surface area contributed by atoms with Crippen molar-refractivity contribution in [2.45, 2.75) is 18.6 Å². The van der Waals surface area contributed by atoms with Crippen LogP contribution in [-0.4, -0.2) is 73.2 Å². The summed E-state index contributed by atoms with van der Waals surface area (Å²) in [4.78, 5) is 26.8. The van der Waals surface area contributed by atoms with Crippen molar-refractivity contribution in [2.24, 2.45) is 5.41 Å². The van der Waals surface area contributed by atoms with Gasteiger partial charge in [0.1, 0.15) is 0 Å². The number of carbonyl (C=O) groups is 2. The molecule has 21 heavy (non-hydrogen) atoms. The zero-order chi connectivity index (χ0) is 15.3. The summed E-state index contributed by atoms with van der Waals surface area (Å²) >= 11 is 0. The fourth-order valence-corrected chi connectivity index (χ4v) is 3.33. The van der Waals surface area contributed by atoms with Crippen LogP contribution in [0.25, 0.3) is 0 Å². The van der Waals surface area contributed by atoms with Crippen molar-refractivity contribution in [3.8, 4) is 0 Å². The van der Waals surface area contributed by atoms with Crippen molar-refractivity contribution in [1.29, 1.82) is 0 Å². The molecule has 0 spiro atoms. The molecule has 6 nitrogen and oxygen atoms in total. The van der Waals surface area contributed by atoms with Crippen LogP contribution in [0.3, 0.4) is 0 Å². The van der Waals surface area contributed by atoms with Crippen LogP contribution in [0.15, 0.2) is 0 Å². The van der Waals surface area contributed by atoms with Gasteiger partial charge in [-0.1, -0.05) is 0 Å². The molecule has 118 valence electrons. The maximum atomic E-state index is 13.4. The number of nitrogens with zero attached hydrogens (tertiary/aromatic N) is 2. The zero-order valence-corrected chi connectivity index (χ0v) is 11.4. The highest BCUT2D eigenvalue weighted by Gasteiger charge is 2.62. The van der Waals surface area contributed by atoms with Crippen LogP contribution in [0.5, 0.6) is 0 Å². The van der Waals surface area contributed by atoms with Crippen molar-refractivity contribution < 1.29 is 22.8 Å². The van der Waals surface area contributed by atoms with Gasteiger partial charge >= 0.3 is 12.2 Å². The first-order valence-electron chi connectivity index (χ1n) is 6.96. The van der Waals surface area contributed by atoms with Crippen LogP contribution in [0.2, 0.25) is 0 Å². The fraction of sp³-hybridized carbons (Fsp3) is 0.833. The predicted molar refractivity (Wildman–Crippen MR) is 66.4 cm³/mol. The molecule has 3 heterocycles. The van der Waals surface area contributed by atoms with E-state index in [0.29, 0.717) is 6.54 Å². The summed E-state index contributed by atoms with van der Waals surface area (Å²) < 4.78 is 40.2. The van der Waals surface area contributed by atoms with E-state index in [1.54, 1.807) is 4.90 Å². The Bertz CT molecular complexity index is 462. The molecule has 2 N–H and O–H groups in total. The molecule has 0 radical (unpaired) electrons. The van der Waals surface area contributed by atoms with Gasteiger partial charge in [-0.05, 0) is 13.0 Å². The Balaban J connectivity index is 1.77. The number of fused-ring (bicyclic) bond motifs is 1. The number of hydrogen-bond acceptors (Lipinski definition) is 3. The van der Waals surface area contributed by atoms with Gasteiger partial charge in [0.25, 0.3) is 0 Å². The SMILES string of the molecule is O=C1NCC2CN(C(=O)C3(C(F)(F)F)CCNC3)CCN12.